The summed E-state index contributed by atoms with van der Waals surface area (Å²) in [6.07, 6.45) is 2.74. The summed E-state index contributed by atoms with van der Waals surface area (Å²) in [6, 6.07) is 0. The second kappa shape index (κ2) is 8.42. The number of thioether (sulfide) groups is 2. The summed E-state index contributed by atoms with van der Waals surface area (Å²) < 4.78 is 0. The van der Waals surface area contributed by atoms with Crippen LogP contribution in [-0.2, 0) is 0 Å². The van der Waals surface area contributed by atoms with Crippen molar-refractivity contribution < 1.29 is 0 Å². The van der Waals surface area contributed by atoms with Gasteiger partial charge in [-0.05, 0) is 35.4 Å². The zero-order valence-corrected chi connectivity index (χ0v) is 6.91. The molecule has 0 atom stereocenters. The minimum Gasteiger partial charge on any atom is -0.185 e. The van der Waals surface area contributed by atoms with Crippen molar-refractivity contribution >= 4 is 23.5 Å². The molecule has 0 unspecified atom stereocenters. The molecule has 0 aliphatic rings. The Hall–Kier alpha value is -0.580. The summed E-state index contributed by atoms with van der Waals surface area (Å²) in [5.74, 6) is 0.805. The van der Waals surface area contributed by atoms with Crippen LogP contribution < -0.4 is 0 Å². The molecule has 52 valence electrons. The van der Waals surface area contributed by atoms with Crippen molar-refractivity contribution in [3.63, 3.8) is 0 Å². The van der Waals surface area contributed by atoms with Gasteiger partial charge in [-0.15, -0.1) is 0 Å². The van der Waals surface area contributed by atoms with Crippen LogP contribution in [0.2, 0.25) is 0 Å². The zero-order valence-electron chi connectivity index (χ0n) is 5.28. The average molecular weight is 170 g/mol. The molecule has 0 spiro atoms. The highest BCUT2D eigenvalue weighted by atomic mass is 32.2. The van der Waals surface area contributed by atoms with Crippen LogP contribution in [0.25, 0.3) is 0 Å². The number of hydrogen-bond acceptors (Lipinski definition) is 4. The molecule has 0 aliphatic carbocycles. The quantitative estimate of drug-likeness (QED) is 0.480. The summed E-state index contributed by atoms with van der Waals surface area (Å²) >= 11 is 2.33. The van der Waals surface area contributed by atoms with Crippen LogP contribution in [0.15, 0.2) is 11.5 Å². The fraction of sp³-hybridized carbons (Fsp3) is 0.333. The number of nitriles is 2. The maximum atomic E-state index is 8.10. The van der Waals surface area contributed by atoms with E-state index >= 15 is 0 Å². The molecular weight excluding hydrogens is 164 g/mol. The van der Waals surface area contributed by atoms with Gasteiger partial charge in [0.1, 0.15) is 10.8 Å². The zero-order chi connectivity index (χ0) is 7.66. The van der Waals surface area contributed by atoms with Crippen LogP contribution >= 0.6 is 23.5 Å². The average Bonchev–Trinajstić information content (AvgIpc) is 1.97. The molecule has 0 radical (unpaired) electrons. The predicted octanol–water partition coefficient (Wildman–Crippen LogP) is 2.32. The van der Waals surface area contributed by atoms with Crippen molar-refractivity contribution in [1.82, 2.24) is 0 Å². The number of hydrogen-bond donors (Lipinski definition) is 0. The van der Waals surface area contributed by atoms with E-state index < -0.39 is 0 Å². The first-order valence-electron chi connectivity index (χ1n) is 2.62. The van der Waals surface area contributed by atoms with Gasteiger partial charge in [0.15, 0.2) is 0 Å². The highest BCUT2D eigenvalue weighted by Gasteiger charge is 1.80. The topological polar surface area (TPSA) is 47.6 Å². The molecule has 0 rings (SSSR count). The standard InChI is InChI=1S/C6H6N2S2/c7-5-9-3-1-2-4-10-6-8/h1,3H,2,4H2. The summed E-state index contributed by atoms with van der Waals surface area (Å²) in [5.41, 5.74) is 0. The van der Waals surface area contributed by atoms with Crippen molar-refractivity contribution in [3.05, 3.63) is 11.5 Å². The van der Waals surface area contributed by atoms with Crippen LogP contribution in [-0.4, -0.2) is 5.75 Å². The van der Waals surface area contributed by atoms with E-state index in [4.69, 9.17) is 10.5 Å². The van der Waals surface area contributed by atoms with Gasteiger partial charge in [-0.25, -0.2) is 0 Å². The highest BCUT2D eigenvalue weighted by molar-refractivity contribution is 8.06. The van der Waals surface area contributed by atoms with E-state index in [1.54, 1.807) is 5.41 Å². The first kappa shape index (κ1) is 9.42. The Labute approximate surface area is 68.9 Å². The molecule has 0 amide bonds. The Morgan fingerprint density at radius 2 is 2.10 bits per heavy atom. The third-order valence-electron chi connectivity index (χ3n) is 0.668. The monoisotopic (exact) mass is 170 g/mol. The lowest BCUT2D eigenvalue weighted by molar-refractivity contribution is 1.25. The van der Waals surface area contributed by atoms with Crippen molar-refractivity contribution in [3.8, 4) is 10.8 Å². The number of nitrogens with zero attached hydrogens (tertiary/aromatic N) is 2. The molecular formula is C6H6N2S2. The minimum atomic E-state index is 0.805. The van der Waals surface area contributed by atoms with Crippen molar-refractivity contribution in [2.24, 2.45) is 0 Å². The van der Waals surface area contributed by atoms with Crippen LogP contribution in [0.4, 0.5) is 0 Å². The Bertz CT molecular complexity index is 175. The lowest BCUT2D eigenvalue weighted by atomic mass is 10.5. The van der Waals surface area contributed by atoms with Gasteiger partial charge in [-0.2, -0.15) is 10.5 Å². The molecule has 0 bridgehead atoms. The Balaban J connectivity index is 3.06. The van der Waals surface area contributed by atoms with Gasteiger partial charge < -0.3 is 0 Å². The van der Waals surface area contributed by atoms with Crippen LogP contribution in [0.3, 0.4) is 0 Å². The molecule has 0 aromatic heterocycles. The molecule has 0 saturated heterocycles. The SMILES string of the molecule is N#CSC=CCCSC#N. The Kier molecular flexibility index (Phi) is 7.93. The fourth-order valence-corrected chi connectivity index (χ4v) is 0.958. The highest BCUT2D eigenvalue weighted by Crippen LogP contribution is 2.03. The Morgan fingerprint density at radius 1 is 1.30 bits per heavy atom. The van der Waals surface area contributed by atoms with E-state index in [0.717, 1.165) is 23.9 Å². The largest absolute Gasteiger partial charge is 0.185 e. The maximum Gasteiger partial charge on any atom is 0.137 e. The molecule has 0 N–H and O–H groups in total. The van der Waals surface area contributed by atoms with Crippen LogP contribution in [0, 0.1) is 21.3 Å². The first-order chi connectivity index (χ1) is 4.91. The Morgan fingerprint density at radius 3 is 2.70 bits per heavy atom. The molecule has 2 nitrogen and oxygen atoms in total. The number of allylic oxidation sites excluding steroid dienone is 1. The summed E-state index contributed by atoms with van der Waals surface area (Å²) in [6.45, 7) is 0. The van der Waals surface area contributed by atoms with Crippen molar-refractivity contribution in [2.45, 2.75) is 6.42 Å². The van der Waals surface area contributed by atoms with Gasteiger partial charge in [0.05, 0.1) is 0 Å². The van der Waals surface area contributed by atoms with Gasteiger partial charge in [-0.3, -0.25) is 0 Å². The van der Waals surface area contributed by atoms with Crippen molar-refractivity contribution in [2.75, 3.05) is 5.75 Å². The number of thiocyanates is 2. The molecule has 0 fully saturated rings. The fourth-order valence-electron chi connectivity index (χ4n) is 0.319. The van der Waals surface area contributed by atoms with E-state index in [0.29, 0.717) is 0 Å². The van der Waals surface area contributed by atoms with Gasteiger partial charge in [0.2, 0.25) is 0 Å². The summed E-state index contributed by atoms with van der Waals surface area (Å²) in [5, 5.41) is 21.8. The van der Waals surface area contributed by atoms with E-state index in [1.165, 1.54) is 11.8 Å². The normalized spacial score (nSPS) is 9.00. The van der Waals surface area contributed by atoms with Crippen LogP contribution in [0.1, 0.15) is 6.42 Å². The molecule has 0 saturated carbocycles. The third kappa shape index (κ3) is 7.42. The second-order valence-corrected chi connectivity index (χ2v) is 2.88. The molecule has 0 aromatic rings. The molecule has 10 heavy (non-hydrogen) atoms. The first-order valence-corrected chi connectivity index (χ1v) is 4.49. The van der Waals surface area contributed by atoms with E-state index in [-0.39, 0.29) is 0 Å². The minimum absolute atomic E-state index is 0.805. The summed E-state index contributed by atoms with van der Waals surface area (Å²) in [4.78, 5) is 0. The van der Waals surface area contributed by atoms with E-state index in [9.17, 15) is 0 Å². The molecule has 0 heterocycles. The summed E-state index contributed by atoms with van der Waals surface area (Å²) in [7, 11) is 0. The van der Waals surface area contributed by atoms with Crippen LogP contribution in [0.5, 0.6) is 0 Å². The third-order valence-corrected chi connectivity index (χ3v) is 1.67. The molecule has 0 aromatic carbocycles. The second-order valence-electron chi connectivity index (χ2n) is 1.31. The van der Waals surface area contributed by atoms with Crippen molar-refractivity contribution in [1.29, 1.82) is 10.5 Å². The van der Waals surface area contributed by atoms with Gasteiger partial charge in [0, 0.05) is 5.75 Å². The smallest absolute Gasteiger partial charge is 0.137 e. The number of rotatable bonds is 4. The van der Waals surface area contributed by atoms with Gasteiger partial charge in [0.25, 0.3) is 0 Å². The lowest BCUT2D eigenvalue weighted by Crippen LogP contribution is -1.69. The van der Waals surface area contributed by atoms with E-state index in [1.807, 2.05) is 16.9 Å². The lowest BCUT2D eigenvalue weighted by Gasteiger charge is -1.82. The predicted molar refractivity (Wildman–Crippen MR) is 45.0 cm³/mol. The van der Waals surface area contributed by atoms with E-state index in [2.05, 4.69) is 0 Å². The van der Waals surface area contributed by atoms with Gasteiger partial charge in [-0.1, -0.05) is 6.08 Å². The maximum absolute atomic E-state index is 8.10. The molecule has 4 heteroatoms. The van der Waals surface area contributed by atoms with Gasteiger partial charge >= 0.3 is 0 Å². The molecule has 0 aliphatic heterocycles.